The van der Waals surface area contributed by atoms with Crippen LogP contribution in [0.4, 0.5) is 4.39 Å². The zero-order valence-corrected chi connectivity index (χ0v) is 11.1. The SMILES string of the molecule is Fc1ccc(Br)c(-c2noc(CC3CNC3)n2)c1. The molecule has 2 aromatic rings. The summed E-state index contributed by atoms with van der Waals surface area (Å²) in [6.07, 6.45) is 0.771. The zero-order chi connectivity index (χ0) is 12.5. The van der Waals surface area contributed by atoms with Gasteiger partial charge in [-0.1, -0.05) is 21.1 Å². The Labute approximate surface area is 112 Å². The van der Waals surface area contributed by atoms with Crippen molar-refractivity contribution in [1.82, 2.24) is 15.5 Å². The van der Waals surface area contributed by atoms with Crippen molar-refractivity contribution >= 4 is 15.9 Å². The molecule has 1 aliphatic heterocycles. The summed E-state index contributed by atoms with van der Waals surface area (Å²) in [5, 5.41) is 7.09. The molecule has 0 aliphatic carbocycles. The minimum Gasteiger partial charge on any atom is -0.339 e. The van der Waals surface area contributed by atoms with Crippen LogP contribution in [0.15, 0.2) is 27.2 Å². The van der Waals surface area contributed by atoms with Gasteiger partial charge in [-0.2, -0.15) is 4.98 Å². The third-order valence-electron chi connectivity index (χ3n) is 2.97. The fourth-order valence-corrected chi connectivity index (χ4v) is 2.28. The molecule has 0 saturated carbocycles. The van der Waals surface area contributed by atoms with Gasteiger partial charge in [-0.3, -0.25) is 0 Å². The Kier molecular flexibility index (Phi) is 3.13. The van der Waals surface area contributed by atoms with E-state index in [2.05, 4.69) is 31.4 Å². The summed E-state index contributed by atoms with van der Waals surface area (Å²) < 4.78 is 19.1. The minimum atomic E-state index is -0.317. The maximum absolute atomic E-state index is 13.2. The van der Waals surface area contributed by atoms with Crippen molar-refractivity contribution in [3.63, 3.8) is 0 Å². The van der Waals surface area contributed by atoms with Crippen molar-refractivity contribution < 1.29 is 8.91 Å². The lowest BCUT2D eigenvalue weighted by molar-refractivity contribution is 0.296. The second-order valence-corrected chi connectivity index (χ2v) is 5.22. The summed E-state index contributed by atoms with van der Waals surface area (Å²) in [5.41, 5.74) is 0.608. The summed E-state index contributed by atoms with van der Waals surface area (Å²) in [5.74, 6) is 1.27. The summed E-state index contributed by atoms with van der Waals surface area (Å²) in [6, 6.07) is 4.41. The van der Waals surface area contributed by atoms with E-state index < -0.39 is 0 Å². The van der Waals surface area contributed by atoms with Crippen molar-refractivity contribution in [2.45, 2.75) is 6.42 Å². The minimum absolute atomic E-state index is 0.317. The number of halogens is 2. The molecule has 0 unspecified atom stereocenters. The molecule has 2 heterocycles. The molecule has 0 bridgehead atoms. The topological polar surface area (TPSA) is 51.0 Å². The van der Waals surface area contributed by atoms with E-state index in [4.69, 9.17) is 4.52 Å². The highest BCUT2D eigenvalue weighted by Crippen LogP contribution is 2.27. The number of benzene rings is 1. The molecular weight excluding hydrogens is 301 g/mol. The summed E-state index contributed by atoms with van der Waals surface area (Å²) in [4.78, 5) is 4.30. The van der Waals surface area contributed by atoms with Gasteiger partial charge in [0.15, 0.2) is 0 Å². The van der Waals surface area contributed by atoms with Crippen LogP contribution in [0.1, 0.15) is 5.89 Å². The molecule has 1 aromatic carbocycles. The quantitative estimate of drug-likeness (QED) is 0.945. The van der Waals surface area contributed by atoms with Gasteiger partial charge < -0.3 is 9.84 Å². The fourth-order valence-electron chi connectivity index (χ4n) is 1.86. The van der Waals surface area contributed by atoms with Crippen molar-refractivity contribution in [1.29, 1.82) is 0 Å². The van der Waals surface area contributed by atoms with Gasteiger partial charge in [0.05, 0.1) is 0 Å². The van der Waals surface area contributed by atoms with Crippen LogP contribution < -0.4 is 5.32 Å². The Morgan fingerprint density at radius 1 is 1.44 bits per heavy atom. The van der Waals surface area contributed by atoms with E-state index in [1.807, 2.05) is 0 Å². The first-order chi connectivity index (χ1) is 8.72. The van der Waals surface area contributed by atoms with Gasteiger partial charge in [-0.15, -0.1) is 0 Å². The Balaban J connectivity index is 1.85. The third kappa shape index (κ3) is 2.30. The molecule has 1 saturated heterocycles. The van der Waals surface area contributed by atoms with E-state index in [9.17, 15) is 4.39 Å². The van der Waals surface area contributed by atoms with Crippen LogP contribution in [0.3, 0.4) is 0 Å². The van der Waals surface area contributed by atoms with Crippen LogP contribution in [-0.2, 0) is 6.42 Å². The molecule has 0 spiro atoms. The number of rotatable bonds is 3. The first-order valence-electron chi connectivity index (χ1n) is 5.71. The van der Waals surface area contributed by atoms with Crippen molar-refractivity contribution in [3.05, 3.63) is 34.4 Å². The van der Waals surface area contributed by atoms with Crippen molar-refractivity contribution in [2.24, 2.45) is 5.92 Å². The van der Waals surface area contributed by atoms with Gasteiger partial charge in [0.2, 0.25) is 11.7 Å². The number of nitrogens with zero attached hydrogens (tertiary/aromatic N) is 2. The van der Waals surface area contributed by atoms with Crippen molar-refractivity contribution in [3.8, 4) is 11.4 Å². The maximum Gasteiger partial charge on any atom is 0.227 e. The van der Waals surface area contributed by atoms with Gasteiger partial charge >= 0.3 is 0 Å². The predicted octanol–water partition coefficient (Wildman–Crippen LogP) is 2.40. The predicted molar refractivity (Wildman–Crippen MR) is 67.5 cm³/mol. The standard InChI is InChI=1S/C12H11BrFN3O/c13-10-2-1-8(14)4-9(10)12-16-11(18-17-12)3-7-5-15-6-7/h1-2,4,7,15H,3,5-6H2. The largest absolute Gasteiger partial charge is 0.339 e. The molecule has 1 aliphatic rings. The lowest BCUT2D eigenvalue weighted by Crippen LogP contribution is -2.43. The second-order valence-electron chi connectivity index (χ2n) is 4.36. The van der Waals surface area contributed by atoms with Crippen LogP contribution >= 0.6 is 15.9 Å². The molecule has 0 atom stereocenters. The first-order valence-corrected chi connectivity index (χ1v) is 6.50. The highest BCUT2D eigenvalue weighted by molar-refractivity contribution is 9.10. The number of nitrogens with one attached hydrogen (secondary N) is 1. The monoisotopic (exact) mass is 311 g/mol. The van der Waals surface area contributed by atoms with Crippen molar-refractivity contribution in [2.75, 3.05) is 13.1 Å². The molecule has 0 radical (unpaired) electrons. The molecule has 1 aromatic heterocycles. The smallest absolute Gasteiger partial charge is 0.227 e. The molecule has 18 heavy (non-hydrogen) atoms. The van der Waals surface area contributed by atoms with Gasteiger partial charge in [0, 0.05) is 16.5 Å². The van der Waals surface area contributed by atoms with Gasteiger partial charge in [0.1, 0.15) is 5.82 Å². The van der Waals surface area contributed by atoms with Crippen LogP contribution in [0.2, 0.25) is 0 Å². The molecule has 1 N–H and O–H groups in total. The Bertz CT molecular complexity index is 568. The van der Waals surface area contributed by atoms with Gasteiger partial charge in [-0.25, -0.2) is 4.39 Å². The lowest BCUT2D eigenvalue weighted by atomic mass is 10.00. The fraction of sp³-hybridized carbons (Fsp3) is 0.333. The normalized spacial score (nSPS) is 15.7. The zero-order valence-electron chi connectivity index (χ0n) is 9.49. The molecule has 4 nitrogen and oxygen atoms in total. The van der Waals surface area contributed by atoms with Gasteiger partial charge in [-0.05, 0) is 37.2 Å². The number of hydrogen-bond acceptors (Lipinski definition) is 4. The van der Waals surface area contributed by atoms with Crippen LogP contribution in [0.25, 0.3) is 11.4 Å². The lowest BCUT2D eigenvalue weighted by Gasteiger charge is -2.25. The Hall–Kier alpha value is -1.27. The molecule has 0 amide bonds. The van der Waals surface area contributed by atoms with E-state index in [-0.39, 0.29) is 5.82 Å². The van der Waals surface area contributed by atoms with E-state index >= 15 is 0 Å². The Morgan fingerprint density at radius 3 is 3.00 bits per heavy atom. The Morgan fingerprint density at radius 2 is 2.28 bits per heavy atom. The first kappa shape index (κ1) is 11.8. The van der Waals surface area contributed by atoms with Crippen LogP contribution in [0.5, 0.6) is 0 Å². The molecule has 3 rings (SSSR count). The molecule has 94 valence electrons. The molecule has 6 heteroatoms. The average Bonchev–Trinajstić information content (AvgIpc) is 2.75. The molecular formula is C12H11BrFN3O. The van der Waals surface area contributed by atoms with E-state index in [0.717, 1.165) is 24.0 Å². The van der Waals surface area contributed by atoms with Crippen LogP contribution in [-0.4, -0.2) is 23.2 Å². The van der Waals surface area contributed by atoms with Gasteiger partial charge in [0.25, 0.3) is 0 Å². The summed E-state index contributed by atoms with van der Waals surface area (Å²) in [7, 11) is 0. The number of hydrogen-bond donors (Lipinski definition) is 1. The summed E-state index contributed by atoms with van der Waals surface area (Å²) in [6.45, 7) is 1.97. The van der Waals surface area contributed by atoms with E-state index in [1.165, 1.54) is 12.1 Å². The number of aromatic nitrogens is 2. The summed E-state index contributed by atoms with van der Waals surface area (Å²) >= 11 is 3.35. The highest BCUT2D eigenvalue weighted by atomic mass is 79.9. The van der Waals surface area contributed by atoms with Crippen LogP contribution in [0, 0.1) is 11.7 Å². The van der Waals surface area contributed by atoms with E-state index in [1.54, 1.807) is 6.07 Å². The third-order valence-corrected chi connectivity index (χ3v) is 3.66. The maximum atomic E-state index is 13.2. The highest BCUT2D eigenvalue weighted by Gasteiger charge is 2.21. The molecule has 1 fully saturated rings. The van der Waals surface area contributed by atoms with E-state index in [0.29, 0.717) is 23.2 Å². The average molecular weight is 312 g/mol. The second kappa shape index (κ2) is 4.78.